The maximum Gasteiger partial charge on any atom is 0.242 e. The molecule has 10 heteroatoms. The second-order valence-electron chi connectivity index (χ2n) is 5.26. The van der Waals surface area contributed by atoms with Gasteiger partial charge < -0.3 is 5.73 Å². The van der Waals surface area contributed by atoms with Crippen molar-refractivity contribution in [1.82, 2.24) is 9.71 Å². The molecule has 0 spiro atoms. The fourth-order valence-corrected chi connectivity index (χ4v) is 4.33. The number of rotatable bonds is 5. The fourth-order valence-electron chi connectivity index (χ4n) is 2.49. The van der Waals surface area contributed by atoms with Crippen molar-refractivity contribution in [2.24, 2.45) is 11.7 Å². The predicted molar refractivity (Wildman–Crippen MR) is 85.1 cm³/mol. The van der Waals surface area contributed by atoms with Gasteiger partial charge in [0.1, 0.15) is 4.90 Å². The van der Waals surface area contributed by atoms with Crippen molar-refractivity contribution in [2.45, 2.75) is 35.2 Å². The highest BCUT2D eigenvalue weighted by Crippen LogP contribution is 2.26. The van der Waals surface area contributed by atoms with Crippen LogP contribution in [0, 0.1) is 5.92 Å². The Kier molecular flexibility index (Phi) is 6.34. The summed E-state index contributed by atoms with van der Waals surface area (Å²) in [6.45, 7) is 0.443. The van der Waals surface area contributed by atoms with Crippen molar-refractivity contribution < 1.29 is 16.8 Å². The van der Waals surface area contributed by atoms with Gasteiger partial charge >= 0.3 is 0 Å². The largest absolute Gasteiger partial charge is 0.330 e. The van der Waals surface area contributed by atoms with Crippen LogP contribution in [0.4, 0.5) is 0 Å². The summed E-state index contributed by atoms with van der Waals surface area (Å²) >= 11 is 0. The van der Waals surface area contributed by atoms with Crippen LogP contribution in [0.5, 0.6) is 0 Å². The van der Waals surface area contributed by atoms with Crippen molar-refractivity contribution >= 4 is 32.3 Å². The molecule has 1 saturated carbocycles. The molecule has 1 aliphatic rings. The third-order valence-corrected chi connectivity index (χ3v) is 6.14. The molecule has 1 aromatic heterocycles. The van der Waals surface area contributed by atoms with Crippen molar-refractivity contribution in [3.05, 3.63) is 18.3 Å². The molecule has 1 fully saturated rings. The van der Waals surface area contributed by atoms with Gasteiger partial charge in [-0.05, 0) is 37.4 Å². The van der Waals surface area contributed by atoms with E-state index in [1.807, 2.05) is 0 Å². The highest BCUT2D eigenvalue weighted by atomic mass is 35.5. The van der Waals surface area contributed by atoms with Crippen LogP contribution in [0.25, 0.3) is 0 Å². The minimum atomic E-state index is -3.71. The Morgan fingerprint density at radius 2 is 1.95 bits per heavy atom. The van der Waals surface area contributed by atoms with Gasteiger partial charge in [0.25, 0.3) is 0 Å². The van der Waals surface area contributed by atoms with E-state index in [0.717, 1.165) is 31.7 Å². The van der Waals surface area contributed by atoms with Gasteiger partial charge in [-0.25, -0.2) is 26.5 Å². The maximum absolute atomic E-state index is 12.3. The van der Waals surface area contributed by atoms with Crippen LogP contribution >= 0.6 is 12.4 Å². The Morgan fingerprint density at radius 3 is 2.45 bits per heavy atom. The van der Waals surface area contributed by atoms with Crippen molar-refractivity contribution in [1.29, 1.82) is 0 Å². The summed E-state index contributed by atoms with van der Waals surface area (Å²) in [7, 11) is -7.15. The summed E-state index contributed by atoms with van der Waals surface area (Å²) in [5.41, 5.74) is 5.64. The Hall–Kier alpha value is -0.740. The molecule has 126 valence electrons. The molecule has 3 N–H and O–H groups in total. The summed E-state index contributed by atoms with van der Waals surface area (Å²) in [5.74, 6) is 0.142. The van der Waals surface area contributed by atoms with Crippen LogP contribution in [0.3, 0.4) is 0 Å². The van der Waals surface area contributed by atoms with Crippen LogP contribution in [0.15, 0.2) is 28.3 Å². The number of hydrogen-bond acceptors (Lipinski definition) is 6. The lowest BCUT2D eigenvalue weighted by Gasteiger charge is -2.19. The number of nitrogens with two attached hydrogens (primary N) is 1. The van der Waals surface area contributed by atoms with Gasteiger partial charge in [-0.1, -0.05) is 6.42 Å². The number of halogens is 1. The van der Waals surface area contributed by atoms with Gasteiger partial charge in [0.05, 0.1) is 0 Å². The Morgan fingerprint density at radius 1 is 1.27 bits per heavy atom. The number of nitrogens with zero attached hydrogens (tertiary/aromatic N) is 1. The van der Waals surface area contributed by atoms with Gasteiger partial charge in [0.2, 0.25) is 10.0 Å². The molecule has 1 heterocycles. The van der Waals surface area contributed by atoms with Gasteiger partial charge in [-0.15, -0.1) is 12.4 Å². The summed E-state index contributed by atoms with van der Waals surface area (Å²) in [6.07, 6.45) is 4.70. The molecule has 2 rings (SSSR count). The van der Waals surface area contributed by atoms with E-state index >= 15 is 0 Å². The van der Waals surface area contributed by atoms with Gasteiger partial charge in [0, 0.05) is 18.5 Å². The van der Waals surface area contributed by atoms with Crippen molar-refractivity contribution in [3.63, 3.8) is 0 Å². The zero-order chi connectivity index (χ0) is 15.7. The SMILES string of the molecule is CS(=O)(=O)c1ccc(S(=O)(=O)NC2CCCC2CN)cn1.Cl. The Balaban J connectivity index is 0.00000242. The van der Waals surface area contributed by atoms with E-state index in [0.29, 0.717) is 6.54 Å². The van der Waals surface area contributed by atoms with E-state index in [4.69, 9.17) is 5.73 Å². The number of pyridine rings is 1. The minimum Gasteiger partial charge on any atom is -0.330 e. The quantitative estimate of drug-likeness (QED) is 0.771. The van der Waals surface area contributed by atoms with Crippen LogP contribution in [-0.4, -0.2) is 40.7 Å². The minimum absolute atomic E-state index is 0. The molecule has 1 aliphatic carbocycles. The van der Waals surface area contributed by atoms with E-state index < -0.39 is 19.9 Å². The Labute approximate surface area is 137 Å². The molecule has 0 radical (unpaired) electrons. The third kappa shape index (κ3) is 4.39. The van der Waals surface area contributed by atoms with Crippen LogP contribution < -0.4 is 10.5 Å². The van der Waals surface area contributed by atoms with Crippen LogP contribution in [-0.2, 0) is 19.9 Å². The Bertz CT molecular complexity index is 704. The fraction of sp³-hybridized carbons (Fsp3) is 0.583. The summed E-state index contributed by atoms with van der Waals surface area (Å²) in [6, 6.07) is 2.27. The summed E-state index contributed by atoms with van der Waals surface area (Å²) < 4.78 is 49.8. The van der Waals surface area contributed by atoms with Gasteiger partial charge in [-0.2, -0.15) is 0 Å². The normalized spacial score (nSPS) is 22.3. The lowest BCUT2D eigenvalue weighted by atomic mass is 10.1. The second kappa shape index (κ2) is 7.22. The second-order valence-corrected chi connectivity index (χ2v) is 8.94. The summed E-state index contributed by atoms with van der Waals surface area (Å²) in [5, 5.41) is -0.151. The highest BCUT2D eigenvalue weighted by Gasteiger charge is 2.30. The molecule has 2 unspecified atom stereocenters. The van der Waals surface area contributed by atoms with Crippen LogP contribution in [0.2, 0.25) is 0 Å². The average Bonchev–Trinajstić information content (AvgIpc) is 2.84. The first-order chi connectivity index (χ1) is 9.74. The zero-order valence-corrected chi connectivity index (χ0v) is 14.5. The maximum atomic E-state index is 12.3. The smallest absolute Gasteiger partial charge is 0.242 e. The number of sulfone groups is 1. The number of aromatic nitrogens is 1. The molecule has 2 atom stereocenters. The molecule has 0 aromatic carbocycles. The van der Waals surface area contributed by atoms with Gasteiger partial charge in [-0.3, -0.25) is 0 Å². The van der Waals surface area contributed by atoms with E-state index in [9.17, 15) is 16.8 Å². The van der Waals surface area contributed by atoms with Gasteiger partial charge in [0.15, 0.2) is 14.9 Å². The molecule has 0 saturated heterocycles. The molecule has 0 aliphatic heterocycles. The first-order valence-corrected chi connectivity index (χ1v) is 10.00. The monoisotopic (exact) mass is 369 g/mol. The molecular formula is C12H20ClN3O4S2. The van der Waals surface area contributed by atoms with E-state index in [1.165, 1.54) is 12.1 Å². The predicted octanol–water partition coefficient (Wildman–Crippen LogP) is 0.313. The molecule has 1 aromatic rings. The molecule has 0 bridgehead atoms. The van der Waals surface area contributed by atoms with E-state index in [2.05, 4.69) is 9.71 Å². The van der Waals surface area contributed by atoms with E-state index in [1.54, 1.807) is 0 Å². The highest BCUT2D eigenvalue weighted by molar-refractivity contribution is 7.90. The number of nitrogens with one attached hydrogen (secondary N) is 1. The topological polar surface area (TPSA) is 119 Å². The number of hydrogen-bond donors (Lipinski definition) is 2. The third-order valence-electron chi connectivity index (χ3n) is 3.67. The number of sulfonamides is 1. The molecular weight excluding hydrogens is 350 g/mol. The van der Waals surface area contributed by atoms with E-state index in [-0.39, 0.29) is 34.3 Å². The standard InChI is InChI=1S/C12H19N3O4S2.ClH/c1-20(16,17)12-6-5-10(8-14-12)21(18,19)15-11-4-2-3-9(11)7-13;/h5-6,8-9,11,15H,2-4,7,13H2,1H3;1H. The van der Waals surface area contributed by atoms with Crippen molar-refractivity contribution in [2.75, 3.05) is 12.8 Å². The van der Waals surface area contributed by atoms with Crippen molar-refractivity contribution in [3.8, 4) is 0 Å². The lowest BCUT2D eigenvalue weighted by molar-refractivity contribution is 0.452. The summed E-state index contributed by atoms with van der Waals surface area (Å²) in [4.78, 5) is 3.65. The lowest BCUT2D eigenvalue weighted by Crippen LogP contribution is -2.39. The molecule has 7 nitrogen and oxygen atoms in total. The molecule has 22 heavy (non-hydrogen) atoms. The zero-order valence-electron chi connectivity index (χ0n) is 12.1. The first kappa shape index (κ1) is 19.3. The van der Waals surface area contributed by atoms with Crippen LogP contribution in [0.1, 0.15) is 19.3 Å². The average molecular weight is 370 g/mol. The molecule has 0 amide bonds. The first-order valence-electron chi connectivity index (χ1n) is 6.62.